The monoisotopic (exact) mass is 264 g/mol. The molecule has 0 heterocycles. The normalized spacial score (nSPS) is 10.1. The van der Waals surface area contributed by atoms with Crippen molar-refractivity contribution in [2.45, 2.75) is 6.42 Å². The van der Waals surface area contributed by atoms with Crippen LogP contribution < -0.4 is 5.32 Å². The second kappa shape index (κ2) is 5.53. The van der Waals surface area contributed by atoms with Gasteiger partial charge >= 0.3 is 0 Å². The highest BCUT2D eigenvalue weighted by atomic mass is 35.5. The molecule has 1 amide bonds. The number of nitrogens with one attached hydrogen (secondary N) is 1. The lowest BCUT2D eigenvalue weighted by Gasteiger charge is -2.06. The average Bonchev–Trinajstić information content (AvgIpc) is 2.25. The summed E-state index contributed by atoms with van der Waals surface area (Å²) in [6, 6.07) is 1.39. The number of hydrogen-bond donors (Lipinski definition) is 1. The molecule has 5 nitrogen and oxygen atoms in total. The Balaban J connectivity index is 3.14. The third-order valence-corrected chi connectivity index (χ3v) is 2.04. The number of nitro groups is 1. The Morgan fingerprint density at radius 3 is 2.65 bits per heavy atom. The predicted molar refractivity (Wildman–Crippen MR) is 57.0 cm³/mol. The highest BCUT2D eigenvalue weighted by Crippen LogP contribution is 2.29. The standard InChI is InChI=1S/C9H7ClF2N2O3/c10-4-3-7(15)13-9-6(14(16)17)2-1-5(11)8(9)12/h1-2H,3-4H2,(H,13,15). The summed E-state index contributed by atoms with van der Waals surface area (Å²) in [7, 11) is 0. The smallest absolute Gasteiger partial charge is 0.296 e. The van der Waals surface area contributed by atoms with Crippen molar-refractivity contribution >= 4 is 28.9 Å². The first-order valence-electron chi connectivity index (χ1n) is 4.45. The van der Waals surface area contributed by atoms with Crippen molar-refractivity contribution in [3.05, 3.63) is 33.9 Å². The van der Waals surface area contributed by atoms with Gasteiger partial charge in [-0.15, -0.1) is 11.6 Å². The minimum atomic E-state index is -1.47. The lowest BCUT2D eigenvalue weighted by atomic mass is 10.2. The molecule has 0 aromatic heterocycles. The molecule has 0 aliphatic heterocycles. The van der Waals surface area contributed by atoms with Gasteiger partial charge in [-0.1, -0.05) is 0 Å². The number of carbonyl (C=O) groups excluding carboxylic acids is 1. The van der Waals surface area contributed by atoms with Gasteiger partial charge in [0.15, 0.2) is 17.3 Å². The van der Waals surface area contributed by atoms with Gasteiger partial charge in [-0.25, -0.2) is 8.78 Å². The van der Waals surface area contributed by atoms with Crippen molar-refractivity contribution in [2.75, 3.05) is 11.2 Å². The molecule has 1 N–H and O–H groups in total. The van der Waals surface area contributed by atoms with E-state index in [0.717, 1.165) is 6.07 Å². The summed E-state index contributed by atoms with van der Waals surface area (Å²) in [6.45, 7) is 0. The quantitative estimate of drug-likeness (QED) is 0.516. The summed E-state index contributed by atoms with van der Waals surface area (Å²) in [5.41, 5.74) is -1.50. The maximum absolute atomic E-state index is 13.3. The maximum atomic E-state index is 13.3. The van der Waals surface area contributed by atoms with E-state index >= 15 is 0 Å². The van der Waals surface area contributed by atoms with E-state index in [1.807, 2.05) is 5.32 Å². The van der Waals surface area contributed by atoms with Crippen LogP contribution in [0.15, 0.2) is 12.1 Å². The number of rotatable bonds is 4. The van der Waals surface area contributed by atoms with Gasteiger partial charge in [0.1, 0.15) is 0 Å². The molecule has 0 saturated heterocycles. The molecule has 1 aromatic rings. The number of alkyl halides is 1. The van der Waals surface area contributed by atoms with Crippen molar-refractivity contribution in [1.82, 2.24) is 0 Å². The highest BCUT2D eigenvalue weighted by Gasteiger charge is 2.22. The minimum absolute atomic E-state index is 0.0312. The number of halogens is 3. The number of hydrogen-bond acceptors (Lipinski definition) is 3. The Kier molecular flexibility index (Phi) is 4.33. The lowest BCUT2D eigenvalue weighted by molar-refractivity contribution is -0.384. The van der Waals surface area contributed by atoms with Crippen LogP contribution in [0, 0.1) is 21.7 Å². The predicted octanol–water partition coefficient (Wildman–Crippen LogP) is 2.44. The molecule has 0 unspecified atom stereocenters. The second-order valence-electron chi connectivity index (χ2n) is 3.00. The van der Waals surface area contributed by atoms with Crippen LogP contribution in [0.3, 0.4) is 0 Å². The van der Waals surface area contributed by atoms with E-state index < -0.39 is 33.8 Å². The number of carbonyl (C=O) groups is 1. The second-order valence-corrected chi connectivity index (χ2v) is 3.38. The largest absolute Gasteiger partial charge is 0.318 e. The fraction of sp³-hybridized carbons (Fsp3) is 0.222. The molecule has 0 aliphatic carbocycles. The minimum Gasteiger partial charge on any atom is -0.318 e. The van der Waals surface area contributed by atoms with Crippen molar-refractivity contribution in [1.29, 1.82) is 0 Å². The molecule has 0 fully saturated rings. The lowest BCUT2D eigenvalue weighted by Crippen LogP contribution is -2.15. The zero-order valence-corrected chi connectivity index (χ0v) is 9.13. The van der Waals surface area contributed by atoms with Crippen LogP contribution in [0.5, 0.6) is 0 Å². The summed E-state index contributed by atoms with van der Waals surface area (Å²) in [6.07, 6.45) is -0.158. The van der Waals surface area contributed by atoms with Crippen molar-refractivity contribution in [3.8, 4) is 0 Å². The van der Waals surface area contributed by atoms with E-state index in [9.17, 15) is 23.7 Å². The molecule has 0 saturated carbocycles. The first-order chi connectivity index (χ1) is 7.97. The number of nitrogens with zero attached hydrogens (tertiary/aromatic N) is 1. The average molecular weight is 265 g/mol. The van der Waals surface area contributed by atoms with Gasteiger partial charge in [-0.3, -0.25) is 14.9 Å². The van der Waals surface area contributed by atoms with Gasteiger partial charge in [0, 0.05) is 18.4 Å². The molecule has 0 spiro atoms. The maximum Gasteiger partial charge on any atom is 0.296 e. The molecule has 0 bridgehead atoms. The Morgan fingerprint density at radius 2 is 2.12 bits per heavy atom. The van der Waals surface area contributed by atoms with Crippen LogP contribution in [0.2, 0.25) is 0 Å². The van der Waals surface area contributed by atoms with Crippen molar-refractivity contribution < 1.29 is 18.5 Å². The van der Waals surface area contributed by atoms with Gasteiger partial charge in [-0.2, -0.15) is 0 Å². The molecule has 0 aliphatic rings. The fourth-order valence-electron chi connectivity index (χ4n) is 1.10. The molecule has 8 heteroatoms. The summed E-state index contributed by atoms with van der Waals surface area (Å²) < 4.78 is 26.2. The summed E-state index contributed by atoms with van der Waals surface area (Å²) in [4.78, 5) is 20.8. The van der Waals surface area contributed by atoms with Gasteiger partial charge in [0.25, 0.3) is 5.69 Å². The van der Waals surface area contributed by atoms with Crippen LogP contribution in [0.4, 0.5) is 20.2 Å². The SMILES string of the molecule is O=C(CCCl)Nc1c([N+](=O)[O-])ccc(F)c1F. The van der Waals surface area contributed by atoms with Crippen LogP contribution in [-0.2, 0) is 4.79 Å². The van der Waals surface area contributed by atoms with E-state index in [-0.39, 0.29) is 12.3 Å². The summed E-state index contributed by atoms with van der Waals surface area (Å²) in [5, 5.41) is 12.5. The van der Waals surface area contributed by atoms with E-state index in [4.69, 9.17) is 11.6 Å². The third-order valence-electron chi connectivity index (χ3n) is 1.86. The molecular weight excluding hydrogens is 258 g/mol. The third kappa shape index (κ3) is 3.10. The summed E-state index contributed by atoms with van der Waals surface area (Å²) >= 11 is 5.27. The number of benzene rings is 1. The molecule has 0 radical (unpaired) electrons. The molecule has 1 rings (SSSR count). The van der Waals surface area contributed by atoms with Gasteiger partial charge < -0.3 is 5.32 Å². The van der Waals surface area contributed by atoms with E-state index in [1.165, 1.54) is 0 Å². The van der Waals surface area contributed by atoms with Gasteiger partial charge in [0.2, 0.25) is 5.91 Å². The summed E-state index contributed by atoms with van der Waals surface area (Å²) in [5.74, 6) is -3.51. The Hall–Kier alpha value is -1.76. The van der Waals surface area contributed by atoms with Crippen LogP contribution in [0.1, 0.15) is 6.42 Å². The first-order valence-corrected chi connectivity index (χ1v) is 4.99. The Morgan fingerprint density at radius 1 is 1.47 bits per heavy atom. The van der Waals surface area contributed by atoms with Crippen LogP contribution >= 0.6 is 11.6 Å². The molecule has 1 aromatic carbocycles. The zero-order chi connectivity index (χ0) is 13.0. The molecular formula is C9H7ClF2N2O3. The topological polar surface area (TPSA) is 72.2 Å². The number of anilines is 1. The Labute approximate surface area is 99.5 Å². The van der Waals surface area contributed by atoms with Crippen LogP contribution in [-0.4, -0.2) is 16.7 Å². The number of amides is 1. The Bertz CT molecular complexity index is 468. The van der Waals surface area contributed by atoms with Crippen molar-refractivity contribution in [2.24, 2.45) is 0 Å². The molecule has 17 heavy (non-hydrogen) atoms. The van der Waals surface area contributed by atoms with Gasteiger partial charge in [-0.05, 0) is 6.07 Å². The van der Waals surface area contributed by atoms with Crippen LogP contribution in [0.25, 0.3) is 0 Å². The van der Waals surface area contributed by atoms with E-state index in [2.05, 4.69) is 0 Å². The zero-order valence-electron chi connectivity index (χ0n) is 8.37. The first kappa shape index (κ1) is 13.3. The molecule has 92 valence electrons. The highest BCUT2D eigenvalue weighted by molar-refractivity contribution is 6.19. The van der Waals surface area contributed by atoms with Crippen molar-refractivity contribution in [3.63, 3.8) is 0 Å². The van der Waals surface area contributed by atoms with E-state index in [1.54, 1.807) is 0 Å². The van der Waals surface area contributed by atoms with E-state index in [0.29, 0.717) is 6.07 Å². The molecule has 0 atom stereocenters. The van der Waals surface area contributed by atoms with Gasteiger partial charge in [0.05, 0.1) is 4.92 Å². The number of nitro benzene ring substituents is 1. The fourth-order valence-corrected chi connectivity index (χ4v) is 1.27.